The first kappa shape index (κ1) is 13.9. The normalized spacial score (nSPS) is 12.6. The fourth-order valence-electron chi connectivity index (χ4n) is 1.67. The van der Waals surface area contributed by atoms with Gasteiger partial charge in [-0.25, -0.2) is 4.39 Å². The van der Waals surface area contributed by atoms with Crippen LogP contribution in [0.3, 0.4) is 0 Å². The first-order chi connectivity index (χ1) is 9.10. The van der Waals surface area contributed by atoms with Crippen LogP contribution < -0.4 is 5.73 Å². The van der Waals surface area contributed by atoms with Crippen LogP contribution in [0.2, 0.25) is 0 Å². The molecule has 1 aromatic heterocycles. The SMILES string of the molecule is CCC(C)n1ccc(CSc2cc(F)ccc2N)n1. The molecule has 0 saturated heterocycles. The molecule has 102 valence electrons. The molecule has 0 amide bonds. The Kier molecular flexibility index (Phi) is 4.47. The summed E-state index contributed by atoms with van der Waals surface area (Å²) in [5, 5.41) is 4.51. The van der Waals surface area contributed by atoms with Crippen LogP contribution in [0.1, 0.15) is 32.0 Å². The summed E-state index contributed by atoms with van der Waals surface area (Å²) in [6, 6.07) is 6.82. The number of nitrogens with two attached hydrogens (primary N) is 1. The van der Waals surface area contributed by atoms with E-state index in [2.05, 4.69) is 18.9 Å². The summed E-state index contributed by atoms with van der Waals surface area (Å²) in [5.41, 5.74) is 7.40. The van der Waals surface area contributed by atoms with Crippen molar-refractivity contribution in [2.75, 3.05) is 5.73 Å². The second-order valence-corrected chi connectivity index (χ2v) is 5.53. The molecule has 3 nitrogen and oxygen atoms in total. The number of nitrogens with zero attached hydrogens (tertiary/aromatic N) is 2. The molecule has 19 heavy (non-hydrogen) atoms. The molecule has 0 radical (unpaired) electrons. The summed E-state index contributed by atoms with van der Waals surface area (Å²) in [6.07, 6.45) is 3.03. The molecule has 0 bridgehead atoms. The van der Waals surface area contributed by atoms with Gasteiger partial charge < -0.3 is 5.73 Å². The van der Waals surface area contributed by atoms with Crippen LogP contribution in [-0.4, -0.2) is 9.78 Å². The molecular weight excluding hydrogens is 261 g/mol. The third-order valence-corrected chi connectivity index (χ3v) is 4.16. The van der Waals surface area contributed by atoms with Gasteiger partial charge in [-0.15, -0.1) is 11.8 Å². The van der Waals surface area contributed by atoms with Crippen LogP contribution in [0, 0.1) is 5.82 Å². The zero-order chi connectivity index (χ0) is 13.8. The van der Waals surface area contributed by atoms with Gasteiger partial charge in [-0.3, -0.25) is 4.68 Å². The molecule has 1 atom stereocenters. The Balaban J connectivity index is 2.02. The molecule has 2 N–H and O–H groups in total. The zero-order valence-corrected chi connectivity index (χ0v) is 12.0. The van der Waals surface area contributed by atoms with Gasteiger partial charge in [0, 0.05) is 28.6 Å². The lowest BCUT2D eigenvalue weighted by molar-refractivity contribution is 0.475. The largest absolute Gasteiger partial charge is 0.398 e. The molecule has 0 fully saturated rings. The van der Waals surface area contributed by atoms with Crippen molar-refractivity contribution in [3.63, 3.8) is 0 Å². The van der Waals surface area contributed by atoms with Crippen molar-refractivity contribution >= 4 is 17.4 Å². The van der Waals surface area contributed by atoms with E-state index >= 15 is 0 Å². The Hall–Kier alpha value is -1.49. The van der Waals surface area contributed by atoms with Crippen molar-refractivity contribution in [3.05, 3.63) is 42.0 Å². The van der Waals surface area contributed by atoms with E-state index in [1.54, 1.807) is 6.07 Å². The van der Waals surface area contributed by atoms with Gasteiger partial charge in [-0.05, 0) is 37.6 Å². The van der Waals surface area contributed by atoms with Crippen LogP contribution >= 0.6 is 11.8 Å². The van der Waals surface area contributed by atoms with Crippen molar-refractivity contribution in [1.29, 1.82) is 0 Å². The highest BCUT2D eigenvalue weighted by Crippen LogP contribution is 2.28. The number of hydrogen-bond donors (Lipinski definition) is 1. The van der Waals surface area contributed by atoms with Crippen LogP contribution in [-0.2, 0) is 5.75 Å². The summed E-state index contributed by atoms with van der Waals surface area (Å²) in [5.74, 6) is 0.429. The number of rotatable bonds is 5. The molecule has 0 aliphatic carbocycles. The average Bonchev–Trinajstić information content (AvgIpc) is 2.88. The number of benzene rings is 1. The molecular formula is C14H18FN3S. The van der Waals surface area contributed by atoms with Crippen molar-refractivity contribution in [3.8, 4) is 0 Å². The molecule has 1 aromatic carbocycles. The topological polar surface area (TPSA) is 43.8 Å². The highest BCUT2D eigenvalue weighted by molar-refractivity contribution is 7.98. The molecule has 2 aromatic rings. The lowest BCUT2D eigenvalue weighted by Gasteiger charge is -2.08. The third kappa shape index (κ3) is 3.50. The minimum atomic E-state index is -0.262. The molecule has 5 heteroatoms. The number of nitrogen functional groups attached to an aromatic ring is 1. The minimum absolute atomic E-state index is 0.262. The van der Waals surface area contributed by atoms with Gasteiger partial charge in [0.05, 0.1) is 5.69 Å². The molecule has 0 spiro atoms. The van der Waals surface area contributed by atoms with Crippen LogP contribution in [0.15, 0.2) is 35.4 Å². The molecule has 2 rings (SSSR count). The van der Waals surface area contributed by atoms with E-state index in [4.69, 9.17) is 5.73 Å². The highest BCUT2D eigenvalue weighted by atomic mass is 32.2. The number of thioether (sulfide) groups is 1. The molecule has 0 aliphatic heterocycles. The van der Waals surface area contributed by atoms with E-state index in [0.29, 0.717) is 17.5 Å². The Labute approximate surface area is 117 Å². The van der Waals surface area contributed by atoms with Gasteiger partial charge in [-0.2, -0.15) is 5.10 Å². The van der Waals surface area contributed by atoms with E-state index in [0.717, 1.165) is 17.0 Å². The van der Waals surface area contributed by atoms with Gasteiger partial charge in [0.25, 0.3) is 0 Å². The lowest BCUT2D eigenvalue weighted by Crippen LogP contribution is -2.04. The number of anilines is 1. The predicted molar refractivity (Wildman–Crippen MR) is 77.6 cm³/mol. The van der Waals surface area contributed by atoms with Crippen molar-refractivity contribution in [2.45, 2.75) is 37.0 Å². The van der Waals surface area contributed by atoms with Gasteiger partial charge in [0.15, 0.2) is 0 Å². The lowest BCUT2D eigenvalue weighted by atomic mass is 10.3. The Bertz CT molecular complexity index is 553. The van der Waals surface area contributed by atoms with Crippen molar-refractivity contribution < 1.29 is 4.39 Å². The van der Waals surface area contributed by atoms with Crippen molar-refractivity contribution in [2.24, 2.45) is 0 Å². The van der Waals surface area contributed by atoms with Gasteiger partial charge in [0.2, 0.25) is 0 Å². The van der Waals surface area contributed by atoms with Gasteiger partial charge in [0.1, 0.15) is 5.82 Å². The second kappa shape index (κ2) is 6.10. The van der Waals surface area contributed by atoms with E-state index < -0.39 is 0 Å². The van der Waals surface area contributed by atoms with Gasteiger partial charge in [-0.1, -0.05) is 6.92 Å². The first-order valence-corrected chi connectivity index (χ1v) is 7.30. The standard InChI is InChI=1S/C14H18FN3S/c1-3-10(2)18-7-6-12(17-18)9-19-14-8-11(15)4-5-13(14)16/h4-8,10H,3,9,16H2,1-2H3. The van der Waals surface area contributed by atoms with Crippen LogP contribution in [0.4, 0.5) is 10.1 Å². The van der Waals surface area contributed by atoms with Crippen molar-refractivity contribution in [1.82, 2.24) is 9.78 Å². The highest BCUT2D eigenvalue weighted by Gasteiger charge is 2.07. The smallest absolute Gasteiger partial charge is 0.124 e. The van der Waals surface area contributed by atoms with E-state index in [1.165, 1.54) is 23.9 Å². The minimum Gasteiger partial charge on any atom is -0.398 e. The molecule has 1 unspecified atom stereocenters. The third-order valence-electron chi connectivity index (χ3n) is 3.06. The fourth-order valence-corrected chi connectivity index (χ4v) is 2.56. The fraction of sp³-hybridized carbons (Fsp3) is 0.357. The zero-order valence-electron chi connectivity index (χ0n) is 11.1. The van der Waals surface area contributed by atoms with E-state index in [-0.39, 0.29) is 5.82 Å². The number of hydrogen-bond acceptors (Lipinski definition) is 3. The maximum atomic E-state index is 13.1. The monoisotopic (exact) mass is 279 g/mol. The molecule has 0 saturated carbocycles. The summed E-state index contributed by atoms with van der Waals surface area (Å²) in [6.45, 7) is 4.27. The maximum Gasteiger partial charge on any atom is 0.124 e. The average molecular weight is 279 g/mol. The van der Waals surface area contributed by atoms with E-state index in [9.17, 15) is 4.39 Å². The number of aromatic nitrogens is 2. The Morgan fingerprint density at radius 2 is 2.21 bits per heavy atom. The van der Waals surface area contributed by atoms with Gasteiger partial charge >= 0.3 is 0 Å². The Morgan fingerprint density at radius 3 is 2.95 bits per heavy atom. The van der Waals surface area contributed by atoms with E-state index in [1.807, 2.05) is 16.9 Å². The first-order valence-electron chi connectivity index (χ1n) is 6.32. The maximum absolute atomic E-state index is 13.1. The number of halogens is 1. The summed E-state index contributed by atoms with van der Waals surface area (Å²) < 4.78 is 15.1. The predicted octanol–water partition coefficient (Wildman–Crippen LogP) is 3.87. The summed E-state index contributed by atoms with van der Waals surface area (Å²) in [7, 11) is 0. The van der Waals surface area contributed by atoms with Crippen LogP contribution in [0.25, 0.3) is 0 Å². The summed E-state index contributed by atoms with van der Waals surface area (Å²) >= 11 is 1.51. The van der Waals surface area contributed by atoms with Crippen LogP contribution in [0.5, 0.6) is 0 Å². The molecule has 1 heterocycles. The second-order valence-electron chi connectivity index (χ2n) is 4.52. The molecule has 0 aliphatic rings. The quantitative estimate of drug-likeness (QED) is 0.667. The summed E-state index contributed by atoms with van der Waals surface area (Å²) in [4.78, 5) is 0.762. The Morgan fingerprint density at radius 1 is 1.42 bits per heavy atom.